The van der Waals surface area contributed by atoms with Crippen LogP contribution in [0.25, 0.3) is 0 Å². The number of unbranched alkanes of at least 4 members (excludes halogenated alkanes) is 2. The number of carbonyl (C=O) groups is 1. The van der Waals surface area contributed by atoms with Gasteiger partial charge in [0.25, 0.3) is 0 Å². The van der Waals surface area contributed by atoms with Crippen LogP contribution in [-0.4, -0.2) is 10.9 Å². The van der Waals surface area contributed by atoms with E-state index in [1.54, 1.807) is 6.92 Å². The molecular weight excluding hydrogens is 144 g/mol. The summed E-state index contributed by atoms with van der Waals surface area (Å²) in [7, 11) is 0. The monoisotopic (exact) mass is 158 g/mol. The average molecular weight is 158 g/mol. The van der Waals surface area contributed by atoms with Crippen LogP contribution >= 0.6 is 11.8 Å². The van der Waals surface area contributed by atoms with Crippen molar-refractivity contribution in [1.82, 2.24) is 0 Å². The van der Waals surface area contributed by atoms with Crippen LogP contribution in [0.15, 0.2) is 12.7 Å². The number of thioether (sulfide) groups is 1. The molecule has 2 heteroatoms. The molecule has 0 aliphatic carbocycles. The van der Waals surface area contributed by atoms with Gasteiger partial charge in [-0.2, -0.15) is 0 Å². The van der Waals surface area contributed by atoms with E-state index < -0.39 is 0 Å². The first-order valence-corrected chi connectivity index (χ1v) is 4.50. The van der Waals surface area contributed by atoms with Crippen molar-refractivity contribution in [2.45, 2.75) is 26.2 Å². The van der Waals surface area contributed by atoms with Crippen molar-refractivity contribution < 1.29 is 4.79 Å². The van der Waals surface area contributed by atoms with E-state index in [9.17, 15) is 4.79 Å². The van der Waals surface area contributed by atoms with Crippen molar-refractivity contribution in [3.8, 4) is 0 Å². The van der Waals surface area contributed by atoms with Gasteiger partial charge in [-0.05, 0) is 19.3 Å². The van der Waals surface area contributed by atoms with Gasteiger partial charge >= 0.3 is 0 Å². The van der Waals surface area contributed by atoms with Gasteiger partial charge in [0, 0.05) is 12.7 Å². The summed E-state index contributed by atoms with van der Waals surface area (Å²) in [6.07, 6.45) is 5.26. The number of allylic oxidation sites excluding steroid dienone is 1. The SMILES string of the molecule is C=CCCCCSC(C)=O. The van der Waals surface area contributed by atoms with Gasteiger partial charge in [-0.3, -0.25) is 4.79 Å². The second-order valence-electron chi connectivity index (χ2n) is 2.12. The standard InChI is InChI=1S/C8H14OS/c1-3-4-5-6-7-10-8(2)9/h3H,1,4-7H2,2H3. The summed E-state index contributed by atoms with van der Waals surface area (Å²) in [4.78, 5) is 10.4. The Hall–Kier alpha value is -0.240. The molecule has 10 heavy (non-hydrogen) atoms. The first-order chi connectivity index (χ1) is 4.77. The Kier molecular flexibility index (Phi) is 6.71. The summed E-state index contributed by atoms with van der Waals surface area (Å²) < 4.78 is 0. The summed E-state index contributed by atoms with van der Waals surface area (Å²) >= 11 is 1.41. The molecule has 0 saturated carbocycles. The third kappa shape index (κ3) is 7.76. The Balaban J connectivity index is 2.90. The maximum atomic E-state index is 10.4. The minimum absolute atomic E-state index is 0.221. The molecule has 0 unspecified atom stereocenters. The lowest BCUT2D eigenvalue weighted by Crippen LogP contribution is -1.85. The molecule has 0 aromatic carbocycles. The molecule has 0 aromatic rings. The summed E-state index contributed by atoms with van der Waals surface area (Å²) in [6.45, 7) is 5.23. The second-order valence-corrected chi connectivity index (χ2v) is 3.40. The Morgan fingerprint density at radius 2 is 2.30 bits per heavy atom. The summed E-state index contributed by atoms with van der Waals surface area (Å²) in [5.41, 5.74) is 0. The maximum Gasteiger partial charge on any atom is 0.185 e. The molecule has 0 heterocycles. The Labute approximate surface area is 66.9 Å². The van der Waals surface area contributed by atoms with Gasteiger partial charge in [0.2, 0.25) is 0 Å². The number of carbonyl (C=O) groups excluding carboxylic acids is 1. The highest BCUT2D eigenvalue weighted by Crippen LogP contribution is 2.06. The first kappa shape index (κ1) is 9.76. The first-order valence-electron chi connectivity index (χ1n) is 3.51. The molecule has 0 aliphatic heterocycles. The van der Waals surface area contributed by atoms with Gasteiger partial charge in [-0.1, -0.05) is 17.8 Å². The molecule has 0 bridgehead atoms. The van der Waals surface area contributed by atoms with Crippen molar-refractivity contribution >= 4 is 16.9 Å². The zero-order chi connectivity index (χ0) is 7.82. The minimum Gasteiger partial charge on any atom is -0.288 e. The predicted octanol–water partition coefficient (Wildman–Crippen LogP) is 2.62. The van der Waals surface area contributed by atoms with Gasteiger partial charge in [-0.15, -0.1) is 6.58 Å². The highest BCUT2D eigenvalue weighted by Gasteiger charge is 1.91. The van der Waals surface area contributed by atoms with Gasteiger partial charge in [-0.25, -0.2) is 0 Å². The molecule has 0 rings (SSSR count). The van der Waals surface area contributed by atoms with Crippen LogP contribution in [0.2, 0.25) is 0 Å². The molecule has 1 nitrogen and oxygen atoms in total. The molecule has 0 amide bonds. The summed E-state index contributed by atoms with van der Waals surface area (Å²) in [5, 5.41) is 0.221. The highest BCUT2D eigenvalue weighted by molar-refractivity contribution is 8.13. The second kappa shape index (κ2) is 6.87. The zero-order valence-corrected chi connectivity index (χ0v) is 7.25. The quantitative estimate of drug-likeness (QED) is 0.452. The van der Waals surface area contributed by atoms with Crippen molar-refractivity contribution in [3.05, 3.63) is 12.7 Å². The van der Waals surface area contributed by atoms with E-state index >= 15 is 0 Å². The van der Waals surface area contributed by atoms with E-state index in [0.29, 0.717) is 0 Å². The van der Waals surface area contributed by atoms with Crippen LogP contribution in [-0.2, 0) is 4.79 Å². The van der Waals surface area contributed by atoms with Crippen LogP contribution in [0.5, 0.6) is 0 Å². The van der Waals surface area contributed by atoms with Gasteiger partial charge in [0.05, 0.1) is 0 Å². The third-order valence-electron chi connectivity index (χ3n) is 1.11. The van der Waals surface area contributed by atoms with Crippen LogP contribution in [0.4, 0.5) is 0 Å². The van der Waals surface area contributed by atoms with Crippen LogP contribution < -0.4 is 0 Å². The fourth-order valence-electron chi connectivity index (χ4n) is 0.607. The lowest BCUT2D eigenvalue weighted by molar-refractivity contribution is -0.109. The third-order valence-corrected chi connectivity index (χ3v) is 2.01. The largest absolute Gasteiger partial charge is 0.288 e. The van der Waals surface area contributed by atoms with E-state index in [4.69, 9.17) is 0 Å². The Morgan fingerprint density at radius 3 is 2.80 bits per heavy atom. The van der Waals surface area contributed by atoms with Crippen LogP contribution in [0.3, 0.4) is 0 Å². The normalized spacial score (nSPS) is 9.30. The molecule has 0 N–H and O–H groups in total. The molecule has 58 valence electrons. The molecule has 0 fully saturated rings. The van der Waals surface area contributed by atoms with Gasteiger partial charge in [0.1, 0.15) is 0 Å². The van der Waals surface area contributed by atoms with Crippen LogP contribution in [0.1, 0.15) is 26.2 Å². The zero-order valence-electron chi connectivity index (χ0n) is 6.43. The Morgan fingerprint density at radius 1 is 1.60 bits per heavy atom. The maximum absolute atomic E-state index is 10.4. The molecule has 0 radical (unpaired) electrons. The fourth-order valence-corrected chi connectivity index (χ4v) is 1.24. The summed E-state index contributed by atoms with van der Waals surface area (Å²) in [6, 6.07) is 0. The Bertz CT molecular complexity index is 110. The van der Waals surface area contributed by atoms with Crippen molar-refractivity contribution in [2.75, 3.05) is 5.75 Å². The van der Waals surface area contributed by atoms with E-state index in [1.165, 1.54) is 11.8 Å². The molecule has 0 saturated heterocycles. The summed E-state index contributed by atoms with van der Waals surface area (Å²) in [5.74, 6) is 0.961. The topological polar surface area (TPSA) is 17.1 Å². The fraction of sp³-hybridized carbons (Fsp3) is 0.625. The highest BCUT2D eigenvalue weighted by atomic mass is 32.2. The molecule has 0 aliphatic rings. The smallest absolute Gasteiger partial charge is 0.185 e. The van der Waals surface area contributed by atoms with Gasteiger partial charge in [0.15, 0.2) is 5.12 Å². The van der Waals surface area contributed by atoms with Crippen molar-refractivity contribution in [3.63, 3.8) is 0 Å². The predicted molar refractivity (Wildman–Crippen MR) is 47.2 cm³/mol. The molecular formula is C8H14OS. The lowest BCUT2D eigenvalue weighted by Gasteiger charge is -1.94. The van der Waals surface area contributed by atoms with E-state index in [2.05, 4.69) is 6.58 Å². The van der Waals surface area contributed by atoms with E-state index in [-0.39, 0.29) is 5.12 Å². The lowest BCUT2D eigenvalue weighted by atomic mass is 10.2. The molecule has 0 aromatic heterocycles. The van der Waals surface area contributed by atoms with E-state index in [1.807, 2.05) is 6.08 Å². The molecule has 0 spiro atoms. The molecule has 0 atom stereocenters. The van der Waals surface area contributed by atoms with Crippen molar-refractivity contribution in [2.24, 2.45) is 0 Å². The van der Waals surface area contributed by atoms with Crippen molar-refractivity contribution in [1.29, 1.82) is 0 Å². The number of hydrogen-bond acceptors (Lipinski definition) is 2. The number of hydrogen-bond donors (Lipinski definition) is 0. The van der Waals surface area contributed by atoms with E-state index in [0.717, 1.165) is 25.0 Å². The minimum atomic E-state index is 0.221. The average Bonchev–Trinajstić information content (AvgIpc) is 1.87. The van der Waals surface area contributed by atoms with Gasteiger partial charge < -0.3 is 0 Å². The van der Waals surface area contributed by atoms with Crippen LogP contribution in [0, 0.1) is 0 Å². The number of rotatable bonds is 5.